The van der Waals surface area contributed by atoms with Crippen LogP contribution in [0.5, 0.6) is 0 Å². The van der Waals surface area contributed by atoms with Gasteiger partial charge in [0.15, 0.2) is 0 Å². The summed E-state index contributed by atoms with van der Waals surface area (Å²) in [6.45, 7) is 1.16. The molecule has 1 aliphatic carbocycles. The van der Waals surface area contributed by atoms with Crippen LogP contribution in [0.1, 0.15) is 42.3 Å². The lowest BCUT2D eigenvalue weighted by Gasteiger charge is -2.27. The fourth-order valence-electron chi connectivity index (χ4n) is 2.66. The van der Waals surface area contributed by atoms with E-state index in [2.05, 4.69) is 22.6 Å². The van der Waals surface area contributed by atoms with Crippen molar-refractivity contribution in [3.63, 3.8) is 0 Å². The number of hydrogen-bond donors (Lipinski definition) is 1. The van der Waals surface area contributed by atoms with Crippen molar-refractivity contribution >= 4 is 0 Å². The maximum atomic E-state index is 4.23. The smallest absolute Gasteiger partial charge is 0.0324 e. The normalized spacial score (nSPS) is 31.1. The molecule has 1 aromatic rings. The zero-order valence-corrected chi connectivity index (χ0v) is 7.66. The molecule has 2 bridgehead atoms. The van der Waals surface area contributed by atoms with E-state index in [4.69, 9.17) is 0 Å². The van der Waals surface area contributed by atoms with Crippen molar-refractivity contribution in [2.24, 2.45) is 0 Å². The molecule has 0 aromatic carbocycles. The molecule has 3 heterocycles. The van der Waals surface area contributed by atoms with E-state index in [9.17, 15) is 0 Å². The van der Waals surface area contributed by atoms with Crippen LogP contribution in [0.4, 0.5) is 0 Å². The number of pyridine rings is 1. The summed E-state index contributed by atoms with van der Waals surface area (Å²) < 4.78 is 0. The summed E-state index contributed by atoms with van der Waals surface area (Å²) in [5.74, 6) is 0.724. The van der Waals surface area contributed by atoms with Gasteiger partial charge in [-0.1, -0.05) is 6.42 Å². The average Bonchev–Trinajstić information content (AvgIpc) is 2.52. The Morgan fingerprint density at radius 3 is 3.31 bits per heavy atom. The summed E-state index contributed by atoms with van der Waals surface area (Å²) in [7, 11) is 0. The highest BCUT2D eigenvalue weighted by Gasteiger charge is 2.29. The first kappa shape index (κ1) is 7.51. The number of nitrogens with one attached hydrogen (secondary N) is 1. The molecular formula is C11H14N2. The molecule has 13 heavy (non-hydrogen) atoms. The average molecular weight is 174 g/mol. The van der Waals surface area contributed by atoms with Crippen LogP contribution in [-0.2, 0) is 0 Å². The third kappa shape index (κ3) is 1.09. The van der Waals surface area contributed by atoms with Gasteiger partial charge in [0.2, 0.25) is 0 Å². The molecule has 2 atom stereocenters. The minimum absolute atomic E-state index is 0.608. The lowest BCUT2D eigenvalue weighted by Crippen LogP contribution is -2.30. The second-order valence-corrected chi connectivity index (χ2v) is 4.09. The van der Waals surface area contributed by atoms with Crippen LogP contribution in [-0.4, -0.2) is 11.5 Å². The molecule has 1 aromatic heterocycles. The van der Waals surface area contributed by atoms with E-state index in [0.29, 0.717) is 6.04 Å². The van der Waals surface area contributed by atoms with Gasteiger partial charge in [-0.05, 0) is 36.0 Å². The van der Waals surface area contributed by atoms with E-state index < -0.39 is 0 Å². The molecule has 2 heteroatoms. The quantitative estimate of drug-likeness (QED) is 0.650. The Bertz CT molecular complexity index is 287. The van der Waals surface area contributed by atoms with Crippen LogP contribution in [0.2, 0.25) is 0 Å². The van der Waals surface area contributed by atoms with Crippen LogP contribution in [0.15, 0.2) is 18.5 Å². The Hall–Kier alpha value is -0.890. The van der Waals surface area contributed by atoms with Crippen molar-refractivity contribution < 1.29 is 0 Å². The van der Waals surface area contributed by atoms with Gasteiger partial charge in [0, 0.05) is 25.0 Å². The Labute approximate surface area is 78.4 Å². The molecule has 0 radical (unpaired) electrons. The van der Waals surface area contributed by atoms with Crippen molar-refractivity contribution in [3.05, 3.63) is 29.6 Å². The first-order chi connectivity index (χ1) is 6.45. The van der Waals surface area contributed by atoms with Crippen LogP contribution < -0.4 is 5.32 Å². The number of hydrogen-bond acceptors (Lipinski definition) is 2. The molecule has 1 fully saturated rings. The summed E-state index contributed by atoms with van der Waals surface area (Å²) in [4.78, 5) is 4.23. The summed E-state index contributed by atoms with van der Waals surface area (Å²) in [6, 6.07) is 2.79. The van der Waals surface area contributed by atoms with Gasteiger partial charge in [-0.3, -0.25) is 4.98 Å². The monoisotopic (exact) mass is 174 g/mol. The summed E-state index contributed by atoms with van der Waals surface area (Å²) in [5, 5.41) is 3.61. The largest absolute Gasteiger partial charge is 0.309 e. The number of nitrogens with zero attached hydrogens (tertiary/aromatic N) is 1. The minimum Gasteiger partial charge on any atom is -0.309 e. The van der Waals surface area contributed by atoms with Crippen LogP contribution in [0, 0.1) is 0 Å². The van der Waals surface area contributed by atoms with E-state index in [0.717, 1.165) is 12.5 Å². The van der Waals surface area contributed by atoms with E-state index >= 15 is 0 Å². The molecule has 2 unspecified atom stereocenters. The molecule has 0 amide bonds. The van der Waals surface area contributed by atoms with Gasteiger partial charge in [-0.25, -0.2) is 0 Å². The van der Waals surface area contributed by atoms with Crippen LogP contribution in [0.3, 0.4) is 0 Å². The molecule has 1 saturated heterocycles. The molecular weight excluding hydrogens is 160 g/mol. The Morgan fingerprint density at radius 1 is 1.31 bits per heavy atom. The Kier molecular flexibility index (Phi) is 1.62. The van der Waals surface area contributed by atoms with Crippen molar-refractivity contribution in [2.45, 2.75) is 31.2 Å². The van der Waals surface area contributed by atoms with Crippen LogP contribution >= 0.6 is 0 Å². The van der Waals surface area contributed by atoms with Gasteiger partial charge >= 0.3 is 0 Å². The van der Waals surface area contributed by atoms with Crippen LogP contribution in [0.25, 0.3) is 0 Å². The van der Waals surface area contributed by atoms with E-state index in [1.165, 1.54) is 30.4 Å². The molecule has 2 nitrogen and oxygen atoms in total. The molecule has 3 aliphatic rings. The Balaban J connectivity index is 2.15. The summed E-state index contributed by atoms with van der Waals surface area (Å²) in [6.07, 6.45) is 7.98. The molecule has 1 N–H and O–H groups in total. The third-order valence-corrected chi connectivity index (χ3v) is 3.36. The van der Waals surface area contributed by atoms with Gasteiger partial charge in [-0.15, -0.1) is 0 Å². The first-order valence-corrected chi connectivity index (χ1v) is 5.12. The molecule has 68 valence electrons. The third-order valence-electron chi connectivity index (χ3n) is 3.36. The van der Waals surface area contributed by atoms with Gasteiger partial charge in [0.25, 0.3) is 0 Å². The van der Waals surface area contributed by atoms with Crippen molar-refractivity contribution in [1.82, 2.24) is 10.3 Å². The topological polar surface area (TPSA) is 24.9 Å². The molecule has 2 aliphatic heterocycles. The van der Waals surface area contributed by atoms with Crippen molar-refractivity contribution in [1.29, 1.82) is 0 Å². The molecule has 4 rings (SSSR count). The van der Waals surface area contributed by atoms with E-state index in [-0.39, 0.29) is 0 Å². The van der Waals surface area contributed by atoms with Crippen molar-refractivity contribution in [2.75, 3.05) is 6.54 Å². The summed E-state index contributed by atoms with van der Waals surface area (Å²) in [5.41, 5.74) is 3.01. The molecule has 0 spiro atoms. The zero-order valence-electron chi connectivity index (χ0n) is 7.66. The van der Waals surface area contributed by atoms with Gasteiger partial charge < -0.3 is 5.32 Å². The van der Waals surface area contributed by atoms with E-state index in [1.54, 1.807) is 0 Å². The lowest BCUT2D eigenvalue weighted by atomic mass is 9.90. The highest BCUT2D eigenvalue weighted by atomic mass is 14.9. The highest BCUT2D eigenvalue weighted by molar-refractivity contribution is 5.33. The summed E-state index contributed by atoms with van der Waals surface area (Å²) >= 11 is 0. The standard InChI is InChI=1S/C11H14N2/c1-2-8-6-13-11(3-1)9-4-5-12-7-10(8)9/h4-5,7-8,11,13H,1-3,6H2. The maximum absolute atomic E-state index is 4.23. The number of rotatable bonds is 0. The lowest BCUT2D eigenvalue weighted by molar-refractivity contribution is 0.489. The Morgan fingerprint density at radius 2 is 2.31 bits per heavy atom. The van der Waals surface area contributed by atoms with Gasteiger partial charge in [0.1, 0.15) is 0 Å². The SMILES string of the molecule is c1cc2c(cn1)C1CCCC2NC1. The number of aromatic nitrogens is 1. The molecule has 0 saturated carbocycles. The van der Waals surface area contributed by atoms with Gasteiger partial charge in [-0.2, -0.15) is 0 Å². The zero-order chi connectivity index (χ0) is 8.67. The maximum Gasteiger partial charge on any atom is 0.0324 e. The number of fused-ring (bicyclic) bond motifs is 3. The predicted octanol–water partition coefficient (Wildman–Crippen LogP) is 1.99. The minimum atomic E-state index is 0.608. The fraction of sp³-hybridized carbons (Fsp3) is 0.545. The predicted molar refractivity (Wildman–Crippen MR) is 51.6 cm³/mol. The highest BCUT2D eigenvalue weighted by Crippen LogP contribution is 2.38. The van der Waals surface area contributed by atoms with Crippen molar-refractivity contribution in [3.8, 4) is 0 Å². The fourth-order valence-corrected chi connectivity index (χ4v) is 2.66. The van der Waals surface area contributed by atoms with Gasteiger partial charge in [0.05, 0.1) is 0 Å². The second kappa shape index (κ2) is 2.81. The first-order valence-electron chi connectivity index (χ1n) is 5.12. The van der Waals surface area contributed by atoms with E-state index in [1.807, 2.05) is 6.20 Å². The second-order valence-electron chi connectivity index (χ2n) is 4.09.